The number of nitrogens with zero attached hydrogens (tertiary/aromatic N) is 1. The number of hydrogen-bond acceptors (Lipinski definition) is 3. The molecule has 1 atom stereocenters. The molecule has 4 heteroatoms. The van der Waals surface area contributed by atoms with Gasteiger partial charge in [-0.1, -0.05) is 6.08 Å². The topological polar surface area (TPSA) is 52.6 Å². The molecule has 80 valence electrons. The van der Waals surface area contributed by atoms with Crippen LogP contribution >= 0.6 is 0 Å². The number of nitrogens with one attached hydrogen (secondary N) is 1. The lowest BCUT2D eigenvalue weighted by Gasteiger charge is -2.18. The number of carbonyl (C=O) groups excluding carboxylic acids is 1. The summed E-state index contributed by atoms with van der Waals surface area (Å²) in [7, 11) is 0. The fourth-order valence-electron chi connectivity index (χ4n) is 0.848. The zero-order chi connectivity index (χ0) is 11.0. The van der Waals surface area contributed by atoms with Crippen molar-refractivity contribution in [2.75, 3.05) is 6.54 Å². The Morgan fingerprint density at radius 1 is 1.57 bits per heavy atom. The van der Waals surface area contributed by atoms with Crippen LogP contribution in [-0.2, 0) is 4.79 Å². The molecule has 2 N–H and O–H groups in total. The SMILES string of the molecule is C/C=C\N(/C=C/CNC(C)=O)C(C)O. The van der Waals surface area contributed by atoms with E-state index in [1.807, 2.05) is 13.0 Å². The summed E-state index contributed by atoms with van der Waals surface area (Å²) < 4.78 is 0. The maximum Gasteiger partial charge on any atom is 0.217 e. The molecule has 0 heterocycles. The van der Waals surface area contributed by atoms with Crippen molar-refractivity contribution < 1.29 is 9.90 Å². The second-order valence-corrected chi connectivity index (χ2v) is 2.88. The Morgan fingerprint density at radius 2 is 2.21 bits per heavy atom. The predicted octanol–water partition coefficient (Wildman–Crippen LogP) is 0.810. The van der Waals surface area contributed by atoms with Crippen LogP contribution in [0.5, 0.6) is 0 Å². The Morgan fingerprint density at radius 3 is 2.64 bits per heavy atom. The van der Waals surface area contributed by atoms with Gasteiger partial charge in [-0.2, -0.15) is 0 Å². The zero-order valence-corrected chi connectivity index (χ0v) is 8.90. The lowest BCUT2D eigenvalue weighted by molar-refractivity contribution is -0.118. The molecule has 0 aromatic rings. The zero-order valence-electron chi connectivity index (χ0n) is 8.90. The largest absolute Gasteiger partial charge is 0.374 e. The third-order valence-corrected chi connectivity index (χ3v) is 1.50. The van der Waals surface area contributed by atoms with E-state index in [9.17, 15) is 9.90 Å². The molecule has 4 nitrogen and oxygen atoms in total. The van der Waals surface area contributed by atoms with Gasteiger partial charge in [0.25, 0.3) is 0 Å². The van der Waals surface area contributed by atoms with Crippen molar-refractivity contribution in [2.24, 2.45) is 0 Å². The standard InChI is InChI=1S/C10H18N2O2/c1-4-7-12(10(3)14)8-5-6-11-9(2)13/h4-5,7-8,10,14H,6H2,1-3H3,(H,11,13)/b7-4-,8-5+. The molecule has 0 aromatic carbocycles. The molecule has 0 rings (SSSR count). The third kappa shape index (κ3) is 6.25. The molecular weight excluding hydrogens is 180 g/mol. The highest BCUT2D eigenvalue weighted by atomic mass is 16.3. The number of hydrogen-bond donors (Lipinski definition) is 2. The molecule has 0 radical (unpaired) electrons. The van der Waals surface area contributed by atoms with Gasteiger partial charge in [0.15, 0.2) is 0 Å². The first-order chi connectivity index (χ1) is 6.57. The number of carbonyl (C=O) groups is 1. The van der Waals surface area contributed by atoms with E-state index >= 15 is 0 Å². The van der Waals surface area contributed by atoms with E-state index in [2.05, 4.69) is 5.32 Å². The van der Waals surface area contributed by atoms with Gasteiger partial charge in [-0.05, 0) is 19.9 Å². The Hall–Kier alpha value is -1.29. The average Bonchev–Trinajstić information content (AvgIpc) is 2.09. The molecule has 0 aliphatic rings. The highest BCUT2D eigenvalue weighted by Crippen LogP contribution is 1.97. The summed E-state index contributed by atoms with van der Waals surface area (Å²) in [6.07, 6.45) is 6.51. The molecule has 14 heavy (non-hydrogen) atoms. The molecule has 0 aliphatic heterocycles. The van der Waals surface area contributed by atoms with E-state index in [1.165, 1.54) is 6.92 Å². The first-order valence-electron chi connectivity index (χ1n) is 4.57. The molecule has 1 amide bonds. The lowest BCUT2D eigenvalue weighted by Crippen LogP contribution is -2.23. The summed E-state index contributed by atoms with van der Waals surface area (Å²) in [5.74, 6) is -0.0655. The van der Waals surface area contributed by atoms with Gasteiger partial charge in [0, 0.05) is 25.9 Å². The predicted molar refractivity (Wildman–Crippen MR) is 56.2 cm³/mol. The second kappa shape index (κ2) is 7.15. The van der Waals surface area contributed by atoms with Crippen molar-refractivity contribution in [3.05, 3.63) is 24.6 Å². The highest BCUT2D eigenvalue weighted by molar-refractivity contribution is 5.72. The monoisotopic (exact) mass is 198 g/mol. The Labute approximate surface area is 84.9 Å². The van der Waals surface area contributed by atoms with Crippen LogP contribution in [0.15, 0.2) is 24.6 Å². The summed E-state index contributed by atoms with van der Waals surface area (Å²) in [6.45, 7) is 5.47. The maximum absolute atomic E-state index is 10.5. The van der Waals surface area contributed by atoms with Gasteiger partial charge in [-0.25, -0.2) is 0 Å². The van der Waals surface area contributed by atoms with Gasteiger partial charge in [0.2, 0.25) is 5.91 Å². The van der Waals surface area contributed by atoms with Crippen molar-refractivity contribution in [3.63, 3.8) is 0 Å². The van der Waals surface area contributed by atoms with Crippen LogP contribution in [0.1, 0.15) is 20.8 Å². The summed E-state index contributed by atoms with van der Waals surface area (Å²) in [4.78, 5) is 12.2. The fourth-order valence-corrected chi connectivity index (χ4v) is 0.848. The summed E-state index contributed by atoms with van der Waals surface area (Å²) in [5, 5.41) is 11.9. The van der Waals surface area contributed by atoms with E-state index in [-0.39, 0.29) is 5.91 Å². The first kappa shape index (κ1) is 12.7. The summed E-state index contributed by atoms with van der Waals surface area (Å²) in [5.41, 5.74) is 0. The molecule has 0 aliphatic carbocycles. The van der Waals surface area contributed by atoms with E-state index in [1.54, 1.807) is 30.3 Å². The minimum atomic E-state index is -0.570. The van der Waals surface area contributed by atoms with Gasteiger partial charge in [0.05, 0.1) is 0 Å². The van der Waals surface area contributed by atoms with E-state index < -0.39 is 6.23 Å². The quantitative estimate of drug-likeness (QED) is 0.643. The molecule has 0 spiro atoms. The molecule has 0 fully saturated rings. The summed E-state index contributed by atoms with van der Waals surface area (Å²) in [6, 6.07) is 0. The Bertz CT molecular complexity index is 222. The number of rotatable bonds is 5. The van der Waals surface area contributed by atoms with Crippen LogP contribution < -0.4 is 5.32 Å². The van der Waals surface area contributed by atoms with Gasteiger partial charge in [-0.15, -0.1) is 0 Å². The van der Waals surface area contributed by atoms with Crippen LogP contribution in [0.3, 0.4) is 0 Å². The van der Waals surface area contributed by atoms with Gasteiger partial charge < -0.3 is 15.3 Å². The van der Waals surface area contributed by atoms with Gasteiger partial charge >= 0.3 is 0 Å². The molecular formula is C10H18N2O2. The van der Waals surface area contributed by atoms with Gasteiger partial charge in [-0.3, -0.25) is 4.79 Å². The van der Waals surface area contributed by atoms with Crippen molar-refractivity contribution >= 4 is 5.91 Å². The second-order valence-electron chi connectivity index (χ2n) is 2.88. The van der Waals surface area contributed by atoms with E-state index in [0.717, 1.165) is 0 Å². The first-order valence-corrected chi connectivity index (χ1v) is 4.57. The van der Waals surface area contributed by atoms with Gasteiger partial charge in [0.1, 0.15) is 6.23 Å². The fraction of sp³-hybridized carbons (Fsp3) is 0.500. The normalized spacial score (nSPS) is 13.4. The van der Waals surface area contributed by atoms with Crippen LogP contribution in [0, 0.1) is 0 Å². The van der Waals surface area contributed by atoms with Crippen LogP contribution in [0.4, 0.5) is 0 Å². The third-order valence-electron chi connectivity index (χ3n) is 1.50. The molecule has 0 bridgehead atoms. The minimum absolute atomic E-state index is 0.0655. The molecule has 0 aromatic heterocycles. The van der Waals surface area contributed by atoms with E-state index in [4.69, 9.17) is 0 Å². The number of aliphatic hydroxyl groups is 1. The highest BCUT2D eigenvalue weighted by Gasteiger charge is 1.99. The van der Waals surface area contributed by atoms with Crippen LogP contribution in [0.25, 0.3) is 0 Å². The van der Waals surface area contributed by atoms with Crippen molar-refractivity contribution in [2.45, 2.75) is 27.0 Å². The molecule has 0 saturated carbocycles. The van der Waals surface area contributed by atoms with Crippen molar-refractivity contribution in [3.8, 4) is 0 Å². The molecule has 0 saturated heterocycles. The Kier molecular flexibility index (Phi) is 6.49. The Balaban J connectivity index is 3.96. The van der Waals surface area contributed by atoms with Crippen LogP contribution in [0.2, 0.25) is 0 Å². The minimum Gasteiger partial charge on any atom is -0.374 e. The van der Waals surface area contributed by atoms with Crippen molar-refractivity contribution in [1.82, 2.24) is 10.2 Å². The average molecular weight is 198 g/mol. The number of aliphatic hydroxyl groups excluding tert-OH is 1. The summed E-state index contributed by atoms with van der Waals surface area (Å²) >= 11 is 0. The smallest absolute Gasteiger partial charge is 0.217 e. The van der Waals surface area contributed by atoms with Crippen LogP contribution in [-0.4, -0.2) is 28.7 Å². The lowest BCUT2D eigenvalue weighted by atomic mass is 10.5. The van der Waals surface area contributed by atoms with Crippen molar-refractivity contribution in [1.29, 1.82) is 0 Å². The molecule has 1 unspecified atom stereocenters. The number of amides is 1. The maximum atomic E-state index is 10.5. The number of allylic oxidation sites excluding steroid dienone is 1. The van der Waals surface area contributed by atoms with E-state index in [0.29, 0.717) is 6.54 Å².